The SMILES string of the molecule is Brc1ccc2c(c1)OCCCC2OCC1CCCCC1. The zero-order valence-corrected chi connectivity index (χ0v) is 13.5. The average Bonchev–Trinajstić information content (AvgIpc) is 2.68. The maximum absolute atomic E-state index is 6.27. The Morgan fingerprint density at radius 2 is 1.95 bits per heavy atom. The zero-order chi connectivity index (χ0) is 13.8. The molecule has 1 unspecified atom stereocenters. The van der Waals surface area contributed by atoms with E-state index in [0.717, 1.165) is 42.2 Å². The molecule has 0 aromatic heterocycles. The van der Waals surface area contributed by atoms with Gasteiger partial charge in [-0.2, -0.15) is 0 Å². The molecule has 3 rings (SSSR count). The summed E-state index contributed by atoms with van der Waals surface area (Å²) in [5, 5.41) is 0. The van der Waals surface area contributed by atoms with Gasteiger partial charge in [-0.25, -0.2) is 0 Å². The highest BCUT2D eigenvalue weighted by Gasteiger charge is 2.22. The van der Waals surface area contributed by atoms with Gasteiger partial charge in [-0.15, -0.1) is 0 Å². The smallest absolute Gasteiger partial charge is 0.126 e. The van der Waals surface area contributed by atoms with Crippen LogP contribution in [0, 0.1) is 5.92 Å². The first-order valence-corrected chi connectivity index (χ1v) is 8.66. The molecule has 1 aliphatic carbocycles. The minimum Gasteiger partial charge on any atom is -0.493 e. The highest BCUT2D eigenvalue weighted by Crippen LogP contribution is 2.36. The maximum atomic E-state index is 6.27. The molecule has 0 N–H and O–H groups in total. The molecule has 1 aliphatic heterocycles. The van der Waals surface area contributed by atoms with Crippen LogP contribution in [0.15, 0.2) is 22.7 Å². The van der Waals surface area contributed by atoms with Crippen LogP contribution >= 0.6 is 15.9 Å². The molecule has 0 bridgehead atoms. The third-order valence-electron chi connectivity index (χ3n) is 4.45. The Kier molecular flexibility index (Phi) is 5.00. The summed E-state index contributed by atoms with van der Waals surface area (Å²) in [6.45, 7) is 1.72. The highest BCUT2D eigenvalue weighted by atomic mass is 79.9. The number of hydrogen-bond donors (Lipinski definition) is 0. The zero-order valence-electron chi connectivity index (χ0n) is 11.9. The summed E-state index contributed by atoms with van der Waals surface area (Å²) >= 11 is 3.52. The van der Waals surface area contributed by atoms with Gasteiger partial charge < -0.3 is 9.47 Å². The summed E-state index contributed by atoms with van der Waals surface area (Å²) in [6, 6.07) is 6.30. The van der Waals surface area contributed by atoms with Crippen molar-refractivity contribution in [3.05, 3.63) is 28.2 Å². The minimum absolute atomic E-state index is 0.211. The van der Waals surface area contributed by atoms with E-state index in [2.05, 4.69) is 34.1 Å². The first kappa shape index (κ1) is 14.4. The molecule has 2 nitrogen and oxygen atoms in total. The van der Waals surface area contributed by atoms with Crippen molar-refractivity contribution in [1.29, 1.82) is 0 Å². The van der Waals surface area contributed by atoms with E-state index in [1.165, 1.54) is 37.7 Å². The molecule has 1 aromatic rings. The Bertz CT molecular complexity index is 441. The van der Waals surface area contributed by atoms with Crippen molar-refractivity contribution >= 4 is 15.9 Å². The second-order valence-corrected chi connectivity index (χ2v) is 6.91. The molecular weight excluding hydrogens is 316 g/mol. The van der Waals surface area contributed by atoms with E-state index in [1.54, 1.807) is 0 Å². The first-order chi connectivity index (χ1) is 9.83. The molecule has 0 spiro atoms. The van der Waals surface area contributed by atoms with Crippen molar-refractivity contribution < 1.29 is 9.47 Å². The molecule has 0 radical (unpaired) electrons. The van der Waals surface area contributed by atoms with Gasteiger partial charge in [0.15, 0.2) is 0 Å². The Labute approximate surface area is 130 Å². The van der Waals surface area contributed by atoms with Gasteiger partial charge in [0, 0.05) is 10.0 Å². The molecule has 1 fully saturated rings. The highest BCUT2D eigenvalue weighted by molar-refractivity contribution is 9.10. The summed E-state index contributed by atoms with van der Waals surface area (Å²) in [6.07, 6.45) is 9.21. The molecule has 1 atom stereocenters. The first-order valence-electron chi connectivity index (χ1n) is 7.87. The van der Waals surface area contributed by atoms with Gasteiger partial charge in [0.05, 0.1) is 19.3 Å². The van der Waals surface area contributed by atoms with Crippen LogP contribution in [0.5, 0.6) is 5.75 Å². The summed E-state index contributed by atoms with van der Waals surface area (Å²) in [4.78, 5) is 0. The summed E-state index contributed by atoms with van der Waals surface area (Å²) in [5.41, 5.74) is 1.22. The van der Waals surface area contributed by atoms with Crippen LogP contribution in [-0.2, 0) is 4.74 Å². The van der Waals surface area contributed by atoms with Crippen LogP contribution in [0.2, 0.25) is 0 Å². The van der Waals surface area contributed by atoms with Crippen LogP contribution in [0.1, 0.15) is 56.6 Å². The second kappa shape index (κ2) is 6.95. The lowest BCUT2D eigenvalue weighted by Gasteiger charge is -2.25. The van der Waals surface area contributed by atoms with E-state index in [-0.39, 0.29) is 6.10 Å². The Morgan fingerprint density at radius 1 is 1.10 bits per heavy atom. The molecule has 1 aromatic carbocycles. The van der Waals surface area contributed by atoms with Gasteiger partial charge in [0.1, 0.15) is 5.75 Å². The van der Waals surface area contributed by atoms with Gasteiger partial charge in [0.2, 0.25) is 0 Å². The number of rotatable bonds is 3. The largest absolute Gasteiger partial charge is 0.493 e. The molecule has 1 saturated carbocycles. The third kappa shape index (κ3) is 3.56. The summed E-state index contributed by atoms with van der Waals surface area (Å²) in [5.74, 6) is 1.76. The van der Waals surface area contributed by atoms with Gasteiger partial charge in [-0.1, -0.05) is 41.3 Å². The number of benzene rings is 1. The monoisotopic (exact) mass is 338 g/mol. The fraction of sp³-hybridized carbons (Fsp3) is 0.647. The fourth-order valence-electron chi connectivity index (χ4n) is 3.28. The summed E-state index contributed by atoms with van der Waals surface area (Å²) < 4.78 is 13.2. The normalized spacial score (nSPS) is 23.8. The number of hydrogen-bond acceptors (Lipinski definition) is 2. The van der Waals surface area contributed by atoms with Gasteiger partial charge in [-0.3, -0.25) is 0 Å². The van der Waals surface area contributed by atoms with Gasteiger partial charge >= 0.3 is 0 Å². The summed E-state index contributed by atoms with van der Waals surface area (Å²) in [7, 11) is 0. The third-order valence-corrected chi connectivity index (χ3v) is 4.94. The fourth-order valence-corrected chi connectivity index (χ4v) is 3.62. The number of fused-ring (bicyclic) bond motifs is 1. The molecule has 20 heavy (non-hydrogen) atoms. The minimum atomic E-state index is 0.211. The van der Waals surface area contributed by atoms with Gasteiger partial charge in [-0.05, 0) is 43.7 Å². The Hall–Kier alpha value is -0.540. The average molecular weight is 339 g/mol. The van der Waals surface area contributed by atoms with E-state index in [9.17, 15) is 0 Å². The predicted molar refractivity (Wildman–Crippen MR) is 84.1 cm³/mol. The molecule has 0 amide bonds. The molecule has 1 heterocycles. The lowest BCUT2D eigenvalue weighted by molar-refractivity contribution is 0.0153. The van der Waals surface area contributed by atoms with Crippen molar-refractivity contribution in [3.8, 4) is 5.75 Å². The lowest BCUT2D eigenvalue weighted by Crippen LogP contribution is -2.16. The van der Waals surface area contributed by atoms with Crippen LogP contribution in [-0.4, -0.2) is 13.2 Å². The molecule has 110 valence electrons. The topological polar surface area (TPSA) is 18.5 Å². The van der Waals surface area contributed by atoms with Crippen molar-refractivity contribution in [2.45, 2.75) is 51.0 Å². The van der Waals surface area contributed by atoms with Crippen LogP contribution in [0.3, 0.4) is 0 Å². The molecular formula is C17H23BrO2. The van der Waals surface area contributed by atoms with Crippen LogP contribution in [0.25, 0.3) is 0 Å². The molecule has 2 aliphatic rings. The van der Waals surface area contributed by atoms with E-state index in [4.69, 9.17) is 9.47 Å². The number of ether oxygens (including phenoxy) is 2. The van der Waals surface area contributed by atoms with Crippen molar-refractivity contribution in [1.82, 2.24) is 0 Å². The van der Waals surface area contributed by atoms with Crippen molar-refractivity contribution in [2.24, 2.45) is 5.92 Å². The second-order valence-electron chi connectivity index (χ2n) is 6.00. The van der Waals surface area contributed by atoms with E-state index in [0.29, 0.717) is 0 Å². The van der Waals surface area contributed by atoms with Crippen molar-refractivity contribution in [2.75, 3.05) is 13.2 Å². The maximum Gasteiger partial charge on any atom is 0.126 e. The Balaban J connectivity index is 1.66. The number of halogens is 1. The Morgan fingerprint density at radius 3 is 2.80 bits per heavy atom. The van der Waals surface area contributed by atoms with Crippen LogP contribution in [0.4, 0.5) is 0 Å². The predicted octanol–water partition coefficient (Wildman–Crippen LogP) is 5.26. The van der Waals surface area contributed by atoms with Gasteiger partial charge in [0.25, 0.3) is 0 Å². The van der Waals surface area contributed by atoms with E-state index >= 15 is 0 Å². The van der Waals surface area contributed by atoms with Crippen molar-refractivity contribution in [3.63, 3.8) is 0 Å². The van der Waals surface area contributed by atoms with Crippen LogP contribution < -0.4 is 4.74 Å². The molecule has 3 heteroatoms. The van der Waals surface area contributed by atoms with E-state index in [1.807, 2.05) is 0 Å². The quantitative estimate of drug-likeness (QED) is 0.748. The standard InChI is InChI=1S/C17H23BrO2/c18-14-8-9-15-16(7-4-10-19-17(15)11-14)20-12-13-5-2-1-3-6-13/h8-9,11,13,16H,1-7,10,12H2. The van der Waals surface area contributed by atoms with E-state index < -0.39 is 0 Å². The lowest BCUT2D eigenvalue weighted by atomic mass is 9.90. The molecule has 0 saturated heterocycles.